The van der Waals surface area contributed by atoms with Gasteiger partial charge in [-0.1, -0.05) is 20.8 Å². The Kier molecular flexibility index (Phi) is 4.10. The van der Waals surface area contributed by atoms with E-state index < -0.39 is 0 Å². The molecule has 0 aliphatic carbocycles. The first-order valence-electron chi connectivity index (χ1n) is 5.59. The van der Waals surface area contributed by atoms with E-state index in [0.29, 0.717) is 0 Å². The van der Waals surface area contributed by atoms with Crippen LogP contribution in [0.3, 0.4) is 0 Å². The molecule has 92 valence electrons. The maximum Gasteiger partial charge on any atom is 0.0830 e. The SMILES string of the molecule is CNC(c1ccn(C)n1)C(OC)C(C)(C)C. The first kappa shape index (κ1) is 13.2. The zero-order chi connectivity index (χ0) is 12.3. The zero-order valence-electron chi connectivity index (χ0n) is 11.1. The van der Waals surface area contributed by atoms with E-state index in [9.17, 15) is 0 Å². The molecule has 0 fully saturated rings. The van der Waals surface area contributed by atoms with Gasteiger partial charge in [0.25, 0.3) is 0 Å². The van der Waals surface area contributed by atoms with Gasteiger partial charge in [-0.15, -0.1) is 0 Å². The fourth-order valence-corrected chi connectivity index (χ4v) is 2.04. The average Bonchev–Trinajstić information content (AvgIpc) is 2.58. The van der Waals surface area contributed by atoms with Crippen LogP contribution in [0, 0.1) is 5.41 Å². The van der Waals surface area contributed by atoms with Crippen molar-refractivity contribution >= 4 is 0 Å². The van der Waals surface area contributed by atoms with Gasteiger partial charge in [-0.25, -0.2) is 0 Å². The summed E-state index contributed by atoms with van der Waals surface area (Å²) in [5.41, 5.74) is 1.09. The van der Waals surface area contributed by atoms with Crippen molar-refractivity contribution in [3.05, 3.63) is 18.0 Å². The monoisotopic (exact) mass is 225 g/mol. The molecular formula is C12H23N3O. The fraction of sp³-hybridized carbons (Fsp3) is 0.750. The second kappa shape index (κ2) is 4.97. The minimum atomic E-state index is 0.0694. The first-order chi connectivity index (χ1) is 7.40. The quantitative estimate of drug-likeness (QED) is 0.848. The Labute approximate surface area is 98.0 Å². The first-order valence-corrected chi connectivity index (χ1v) is 5.59. The van der Waals surface area contributed by atoms with E-state index in [1.54, 1.807) is 7.11 Å². The minimum absolute atomic E-state index is 0.0694. The van der Waals surface area contributed by atoms with Crippen molar-refractivity contribution in [2.75, 3.05) is 14.2 Å². The van der Waals surface area contributed by atoms with Gasteiger partial charge in [0.05, 0.1) is 17.8 Å². The Hall–Kier alpha value is -0.870. The van der Waals surface area contributed by atoms with Crippen molar-refractivity contribution in [3.63, 3.8) is 0 Å². The molecule has 0 radical (unpaired) electrons. The van der Waals surface area contributed by atoms with Crippen LogP contribution in [-0.4, -0.2) is 30.0 Å². The number of rotatable bonds is 4. The molecule has 1 heterocycles. The molecule has 1 N–H and O–H groups in total. The molecule has 1 rings (SSSR count). The van der Waals surface area contributed by atoms with Crippen LogP contribution < -0.4 is 5.32 Å². The molecule has 1 aromatic heterocycles. The third-order valence-electron chi connectivity index (χ3n) is 2.77. The molecule has 0 spiro atoms. The van der Waals surface area contributed by atoms with E-state index in [0.717, 1.165) is 5.69 Å². The predicted octanol–water partition coefficient (Wildman–Crippen LogP) is 1.74. The molecule has 0 aliphatic heterocycles. The average molecular weight is 225 g/mol. The Bertz CT molecular complexity index is 327. The van der Waals surface area contributed by atoms with E-state index in [1.807, 2.05) is 31.0 Å². The van der Waals surface area contributed by atoms with E-state index in [2.05, 4.69) is 31.2 Å². The van der Waals surface area contributed by atoms with Crippen molar-refractivity contribution in [2.24, 2.45) is 12.5 Å². The standard InChI is InChI=1S/C12H23N3O/c1-12(2,3)11(16-6)10(13-4)9-7-8-15(5)14-9/h7-8,10-11,13H,1-6H3. The lowest BCUT2D eigenvalue weighted by atomic mass is 9.83. The molecule has 0 bridgehead atoms. The number of hydrogen-bond acceptors (Lipinski definition) is 3. The molecule has 2 unspecified atom stereocenters. The fourth-order valence-electron chi connectivity index (χ4n) is 2.04. The summed E-state index contributed by atoms with van der Waals surface area (Å²) < 4.78 is 7.43. The van der Waals surface area contributed by atoms with Crippen molar-refractivity contribution in [3.8, 4) is 0 Å². The van der Waals surface area contributed by atoms with Gasteiger partial charge in [0, 0.05) is 20.4 Å². The van der Waals surface area contributed by atoms with Gasteiger partial charge in [-0.2, -0.15) is 5.10 Å². The van der Waals surface area contributed by atoms with E-state index in [4.69, 9.17) is 4.74 Å². The summed E-state index contributed by atoms with van der Waals surface area (Å²) in [5, 5.41) is 7.73. The Morgan fingerprint density at radius 1 is 1.44 bits per heavy atom. The summed E-state index contributed by atoms with van der Waals surface area (Å²) in [4.78, 5) is 0. The maximum atomic E-state index is 5.62. The van der Waals surface area contributed by atoms with Crippen molar-refractivity contribution in [2.45, 2.75) is 32.9 Å². The van der Waals surface area contributed by atoms with Crippen molar-refractivity contribution < 1.29 is 4.74 Å². The largest absolute Gasteiger partial charge is 0.379 e. The minimum Gasteiger partial charge on any atom is -0.379 e. The maximum absolute atomic E-state index is 5.62. The van der Waals surface area contributed by atoms with Gasteiger partial charge in [0.15, 0.2) is 0 Å². The van der Waals surface area contributed by atoms with Crippen molar-refractivity contribution in [1.82, 2.24) is 15.1 Å². The molecule has 0 aliphatic rings. The number of nitrogens with zero attached hydrogens (tertiary/aromatic N) is 2. The van der Waals surface area contributed by atoms with Crippen LogP contribution in [0.1, 0.15) is 32.5 Å². The highest BCUT2D eigenvalue weighted by molar-refractivity contribution is 5.09. The van der Waals surface area contributed by atoms with Crippen LogP contribution in [0.4, 0.5) is 0 Å². The highest BCUT2D eigenvalue weighted by Crippen LogP contribution is 2.31. The summed E-state index contributed by atoms with van der Waals surface area (Å²) in [6.45, 7) is 6.53. The van der Waals surface area contributed by atoms with Crippen LogP contribution in [0.25, 0.3) is 0 Å². The van der Waals surface area contributed by atoms with Gasteiger partial charge in [0.1, 0.15) is 0 Å². The molecule has 4 heteroatoms. The van der Waals surface area contributed by atoms with Gasteiger partial charge in [-0.3, -0.25) is 4.68 Å². The Morgan fingerprint density at radius 2 is 2.06 bits per heavy atom. The lowest BCUT2D eigenvalue weighted by Gasteiger charge is -2.35. The van der Waals surface area contributed by atoms with Crippen LogP contribution in [-0.2, 0) is 11.8 Å². The normalized spacial score (nSPS) is 16.1. The second-order valence-corrected chi connectivity index (χ2v) is 5.20. The summed E-state index contributed by atoms with van der Waals surface area (Å²) in [6.07, 6.45) is 2.04. The van der Waals surface area contributed by atoms with Crippen LogP contribution in [0.2, 0.25) is 0 Å². The van der Waals surface area contributed by atoms with Gasteiger partial charge in [0.2, 0.25) is 0 Å². The topological polar surface area (TPSA) is 39.1 Å². The molecule has 0 amide bonds. The lowest BCUT2D eigenvalue weighted by molar-refractivity contribution is -0.0112. The molecule has 0 saturated heterocycles. The zero-order valence-corrected chi connectivity index (χ0v) is 11.1. The summed E-state index contributed by atoms with van der Waals surface area (Å²) in [6, 6.07) is 2.14. The number of nitrogens with one attached hydrogen (secondary N) is 1. The smallest absolute Gasteiger partial charge is 0.0830 e. The summed E-state index contributed by atoms with van der Waals surface area (Å²) in [7, 11) is 5.62. The van der Waals surface area contributed by atoms with Crippen LogP contribution in [0.15, 0.2) is 12.3 Å². The van der Waals surface area contributed by atoms with Gasteiger partial charge in [-0.05, 0) is 18.5 Å². The lowest BCUT2D eigenvalue weighted by Crippen LogP contribution is -2.40. The number of aromatic nitrogens is 2. The van der Waals surface area contributed by atoms with E-state index in [1.165, 1.54) is 0 Å². The molecule has 0 saturated carbocycles. The summed E-state index contributed by atoms with van der Waals surface area (Å²) in [5.74, 6) is 0. The molecule has 0 aromatic carbocycles. The Balaban J connectivity index is 2.96. The second-order valence-electron chi connectivity index (χ2n) is 5.20. The highest BCUT2D eigenvalue weighted by atomic mass is 16.5. The molecule has 1 aromatic rings. The predicted molar refractivity (Wildman–Crippen MR) is 65.3 cm³/mol. The van der Waals surface area contributed by atoms with Gasteiger partial charge < -0.3 is 10.1 Å². The number of ether oxygens (including phenoxy) is 1. The molecule has 2 atom stereocenters. The third-order valence-corrected chi connectivity index (χ3v) is 2.77. The number of methoxy groups -OCH3 is 1. The number of aryl methyl sites for hydroxylation is 1. The molecule has 4 nitrogen and oxygen atoms in total. The Morgan fingerprint density at radius 3 is 2.38 bits per heavy atom. The molecular weight excluding hydrogens is 202 g/mol. The van der Waals surface area contributed by atoms with Gasteiger partial charge >= 0.3 is 0 Å². The van der Waals surface area contributed by atoms with Crippen LogP contribution >= 0.6 is 0 Å². The van der Waals surface area contributed by atoms with E-state index in [-0.39, 0.29) is 17.6 Å². The third kappa shape index (κ3) is 2.83. The molecule has 16 heavy (non-hydrogen) atoms. The highest BCUT2D eigenvalue weighted by Gasteiger charge is 2.33. The van der Waals surface area contributed by atoms with E-state index >= 15 is 0 Å². The summed E-state index contributed by atoms with van der Waals surface area (Å²) >= 11 is 0. The number of likely N-dealkylation sites (N-methyl/N-ethyl adjacent to an activating group) is 1. The van der Waals surface area contributed by atoms with Crippen LogP contribution in [0.5, 0.6) is 0 Å². The van der Waals surface area contributed by atoms with Crippen molar-refractivity contribution in [1.29, 1.82) is 0 Å². The number of hydrogen-bond donors (Lipinski definition) is 1.